The molecule has 6 heteroatoms. The highest BCUT2D eigenvalue weighted by molar-refractivity contribution is 8.00. The van der Waals surface area contributed by atoms with Gasteiger partial charge in [0.15, 0.2) is 0 Å². The van der Waals surface area contributed by atoms with Crippen LogP contribution < -0.4 is 10.2 Å². The van der Waals surface area contributed by atoms with Crippen molar-refractivity contribution in [1.29, 1.82) is 0 Å². The number of pyridine rings is 1. The van der Waals surface area contributed by atoms with Crippen LogP contribution in [0.4, 0.5) is 5.69 Å². The van der Waals surface area contributed by atoms with Gasteiger partial charge in [0.25, 0.3) is 5.91 Å². The number of carbonyl (C=O) groups excluding carboxylic acids is 2. The Kier molecular flexibility index (Phi) is 5.62. The first-order valence-corrected chi connectivity index (χ1v) is 10.4. The van der Waals surface area contributed by atoms with Gasteiger partial charge in [-0.2, -0.15) is 0 Å². The van der Waals surface area contributed by atoms with Gasteiger partial charge in [-0.25, -0.2) is 0 Å². The second-order valence-electron chi connectivity index (χ2n) is 6.94. The summed E-state index contributed by atoms with van der Waals surface area (Å²) in [5.41, 5.74) is 4.35. The molecule has 1 aliphatic heterocycles. The molecule has 0 fully saturated rings. The Morgan fingerprint density at radius 3 is 2.83 bits per heavy atom. The van der Waals surface area contributed by atoms with Gasteiger partial charge in [-0.3, -0.25) is 14.6 Å². The highest BCUT2D eigenvalue weighted by Gasteiger charge is 2.26. The van der Waals surface area contributed by atoms with Crippen LogP contribution in [-0.4, -0.2) is 22.6 Å². The predicted octanol–water partition coefficient (Wildman–Crippen LogP) is 3.96. The zero-order valence-electron chi connectivity index (χ0n) is 16.1. The summed E-state index contributed by atoms with van der Waals surface area (Å²) in [6.07, 6.45) is 1.70. The Morgan fingerprint density at radius 1 is 1.14 bits per heavy atom. The summed E-state index contributed by atoms with van der Waals surface area (Å²) in [4.78, 5) is 32.3. The average Bonchev–Trinajstić information content (AvgIpc) is 2.74. The molecule has 2 heterocycles. The van der Waals surface area contributed by atoms with E-state index in [9.17, 15) is 9.59 Å². The van der Waals surface area contributed by atoms with Crippen LogP contribution in [0.2, 0.25) is 0 Å². The molecule has 0 atom stereocenters. The number of nitrogens with one attached hydrogen (secondary N) is 1. The van der Waals surface area contributed by atoms with Gasteiger partial charge >= 0.3 is 0 Å². The maximum atomic E-state index is 12.6. The molecule has 0 aliphatic carbocycles. The maximum Gasteiger partial charge on any atom is 0.251 e. The summed E-state index contributed by atoms with van der Waals surface area (Å²) in [5.74, 6) is 0.274. The van der Waals surface area contributed by atoms with Gasteiger partial charge in [0.05, 0.1) is 30.2 Å². The Morgan fingerprint density at radius 2 is 2.03 bits per heavy atom. The number of hydrogen-bond acceptors (Lipinski definition) is 4. The van der Waals surface area contributed by atoms with Gasteiger partial charge in [0, 0.05) is 16.7 Å². The normalized spacial score (nSPS) is 13.1. The summed E-state index contributed by atoms with van der Waals surface area (Å²) in [6.45, 7) is 2.89. The second-order valence-corrected chi connectivity index (χ2v) is 7.96. The Bertz CT molecular complexity index is 1050. The number of nitrogens with zero attached hydrogens (tertiary/aromatic N) is 2. The first-order valence-electron chi connectivity index (χ1n) is 9.41. The zero-order valence-corrected chi connectivity index (χ0v) is 16.9. The van der Waals surface area contributed by atoms with E-state index in [1.807, 2.05) is 55.5 Å². The predicted molar refractivity (Wildman–Crippen MR) is 115 cm³/mol. The number of aromatic nitrogens is 1. The monoisotopic (exact) mass is 403 g/mol. The van der Waals surface area contributed by atoms with Crippen molar-refractivity contribution in [3.05, 3.63) is 89.2 Å². The van der Waals surface area contributed by atoms with E-state index >= 15 is 0 Å². The van der Waals surface area contributed by atoms with E-state index in [4.69, 9.17) is 0 Å². The molecule has 2 amide bonds. The lowest BCUT2D eigenvalue weighted by molar-refractivity contribution is -0.116. The Balaban J connectivity index is 1.56. The van der Waals surface area contributed by atoms with Crippen molar-refractivity contribution in [1.82, 2.24) is 10.3 Å². The molecule has 2 aromatic carbocycles. The molecule has 0 bridgehead atoms. The largest absolute Gasteiger partial charge is 0.346 e. The van der Waals surface area contributed by atoms with Crippen molar-refractivity contribution in [2.24, 2.45) is 0 Å². The Labute approximate surface area is 174 Å². The van der Waals surface area contributed by atoms with Crippen LogP contribution in [0.15, 0.2) is 71.8 Å². The number of thioether (sulfide) groups is 1. The number of amides is 2. The van der Waals surface area contributed by atoms with Gasteiger partial charge in [-0.05, 0) is 42.8 Å². The van der Waals surface area contributed by atoms with E-state index in [-0.39, 0.29) is 11.8 Å². The fraction of sp³-hybridized carbons (Fsp3) is 0.174. The number of rotatable bonds is 5. The molecule has 1 aromatic heterocycles. The van der Waals surface area contributed by atoms with E-state index in [1.165, 1.54) is 11.8 Å². The molecule has 0 unspecified atom stereocenters. The Hall–Kier alpha value is -3.12. The van der Waals surface area contributed by atoms with Crippen molar-refractivity contribution in [3.63, 3.8) is 0 Å². The number of aryl methyl sites for hydroxylation is 1. The van der Waals surface area contributed by atoms with Gasteiger partial charge < -0.3 is 10.2 Å². The minimum absolute atomic E-state index is 0.0510. The van der Waals surface area contributed by atoms with E-state index in [0.29, 0.717) is 24.4 Å². The van der Waals surface area contributed by atoms with Crippen LogP contribution >= 0.6 is 11.8 Å². The topological polar surface area (TPSA) is 62.3 Å². The quantitative estimate of drug-likeness (QED) is 0.700. The van der Waals surface area contributed by atoms with Crippen LogP contribution in [0.5, 0.6) is 0 Å². The first kappa shape index (κ1) is 19.2. The minimum atomic E-state index is -0.183. The van der Waals surface area contributed by atoms with Crippen molar-refractivity contribution < 1.29 is 9.59 Å². The SMILES string of the molecule is Cc1cccc(CN2C(=O)CSc3ccc(C(=O)NCc4ccccn4)cc32)c1. The molecule has 5 nitrogen and oxygen atoms in total. The number of hydrogen-bond donors (Lipinski definition) is 1. The summed E-state index contributed by atoms with van der Waals surface area (Å²) >= 11 is 1.51. The summed E-state index contributed by atoms with van der Waals surface area (Å²) < 4.78 is 0. The third kappa shape index (κ3) is 4.49. The molecular weight excluding hydrogens is 382 g/mol. The number of carbonyl (C=O) groups is 2. The van der Waals surface area contributed by atoms with Crippen LogP contribution in [0.25, 0.3) is 0 Å². The van der Waals surface area contributed by atoms with Crippen molar-refractivity contribution in [3.8, 4) is 0 Å². The van der Waals surface area contributed by atoms with Crippen molar-refractivity contribution >= 4 is 29.3 Å². The molecule has 1 aliphatic rings. The van der Waals surface area contributed by atoms with E-state index < -0.39 is 0 Å². The standard InChI is InChI=1S/C23H21N3O2S/c1-16-5-4-6-17(11-16)14-26-20-12-18(8-9-21(20)29-15-22(26)27)23(28)25-13-19-7-2-3-10-24-19/h2-12H,13-15H2,1H3,(H,25,28). The summed E-state index contributed by atoms with van der Waals surface area (Å²) in [7, 11) is 0. The van der Waals surface area contributed by atoms with Gasteiger partial charge in [0.1, 0.15) is 0 Å². The molecular formula is C23H21N3O2S. The number of benzene rings is 2. The average molecular weight is 404 g/mol. The fourth-order valence-corrected chi connectivity index (χ4v) is 4.20. The molecule has 29 heavy (non-hydrogen) atoms. The molecule has 4 rings (SSSR count). The molecule has 0 radical (unpaired) electrons. The van der Waals surface area contributed by atoms with E-state index in [2.05, 4.69) is 16.4 Å². The van der Waals surface area contributed by atoms with Gasteiger partial charge in [-0.1, -0.05) is 35.9 Å². The van der Waals surface area contributed by atoms with Crippen LogP contribution in [0.1, 0.15) is 27.2 Å². The number of anilines is 1. The van der Waals surface area contributed by atoms with Crippen LogP contribution in [-0.2, 0) is 17.9 Å². The molecule has 1 N–H and O–H groups in total. The maximum absolute atomic E-state index is 12.6. The van der Waals surface area contributed by atoms with Crippen LogP contribution in [0.3, 0.4) is 0 Å². The van der Waals surface area contributed by atoms with Crippen molar-refractivity contribution in [2.75, 3.05) is 10.7 Å². The van der Waals surface area contributed by atoms with Crippen LogP contribution in [0, 0.1) is 6.92 Å². The van der Waals surface area contributed by atoms with Gasteiger partial charge in [-0.15, -0.1) is 11.8 Å². The molecule has 0 saturated heterocycles. The molecule has 0 saturated carbocycles. The minimum Gasteiger partial charge on any atom is -0.346 e. The second kappa shape index (κ2) is 8.49. The highest BCUT2D eigenvalue weighted by atomic mass is 32.2. The van der Waals surface area contributed by atoms with E-state index in [1.54, 1.807) is 17.2 Å². The van der Waals surface area contributed by atoms with E-state index in [0.717, 1.165) is 27.4 Å². The first-order chi connectivity index (χ1) is 14.1. The lowest BCUT2D eigenvalue weighted by Crippen LogP contribution is -2.35. The lowest BCUT2D eigenvalue weighted by atomic mass is 10.1. The molecule has 3 aromatic rings. The van der Waals surface area contributed by atoms with Crippen molar-refractivity contribution in [2.45, 2.75) is 24.9 Å². The summed E-state index contributed by atoms with van der Waals surface area (Å²) in [6, 6.07) is 19.3. The fourth-order valence-electron chi connectivity index (χ4n) is 3.29. The highest BCUT2D eigenvalue weighted by Crippen LogP contribution is 2.37. The molecule has 0 spiro atoms. The molecule has 146 valence electrons. The smallest absolute Gasteiger partial charge is 0.251 e. The summed E-state index contributed by atoms with van der Waals surface area (Å²) in [5, 5.41) is 2.89. The van der Waals surface area contributed by atoms with Gasteiger partial charge in [0.2, 0.25) is 5.91 Å². The third-order valence-electron chi connectivity index (χ3n) is 4.74. The lowest BCUT2D eigenvalue weighted by Gasteiger charge is -2.29. The third-order valence-corrected chi connectivity index (χ3v) is 5.79. The number of fused-ring (bicyclic) bond motifs is 1. The zero-order chi connectivity index (χ0) is 20.2.